The van der Waals surface area contributed by atoms with E-state index in [9.17, 15) is 9.59 Å². The smallest absolute Gasteiger partial charge is 0.256 e. The molecule has 5 heteroatoms. The van der Waals surface area contributed by atoms with Gasteiger partial charge in [-0.1, -0.05) is 32.9 Å². The van der Waals surface area contributed by atoms with Crippen molar-refractivity contribution in [2.24, 2.45) is 5.41 Å². The van der Waals surface area contributed by atoms with Gasteiger partial charge in [-0.25, -0.2) is 0 Å². The van der Waals surface area contributed by atoms with Crippen LogP contribution < -0.4 is 10.6 Å². The molecule has 0 spiro atoms. The van der Waals surface area contributed by atoms with E-state index in [0.29, 0.717) is 23.8 Å². The highest BCUT2D eigenvalue weighted by atomic mass is 16.2. The van der Waals surface area contributed by atoms with Crippen molar-refractivity contribution >= 4 is 17.5 Å². The minimum absolute atomic E-state index is 0.0187. The Morgan fingerprint density at radius 2 is 1.91 bits per heavy atom. The Balaban J connectivity index is 2.19. The Morgan fingerprint density at radius 3 is 2.57 bits per heavy atom. The molecule has 2 amide bonds. The van der Waals surface area contributed by atoms with E-state index in [2.05, 4.69) is 10.6 Å². The number of nitrogens with zero attached hydrogens (tertiary/aromatic N) is 1. The fourth-order valence-electron chi connectivity index (χ4n) is 2.66. The predicted molar refractivity (Wildman–Crippen MR) is 92.5 cm³/mol. The van der Waals surface area contributed by atoms with E-state index in [1.165, 1.54) is 0 Å². The zero-order chi connectivity index (χ0) is 17.0. The normalized spacial score (nSPS) is 18.6. The fourth-order valence-corrected chi connectivity index (χ4v) is 2.66. The second-order valence-corrected chi connectivity index (χ2v) is 7.13. The molecule has 23 heavy (non-hydrogen) atoms. The number of anilines is 1. The molecule has 1 saturated heterocycles. The molecular weight excluding hydrogens is 290 g/mol. The number of likely N-dealkylation sites (N-methyl/N-ethyl adjacent to an activating group) is 1. The van der Waals surface area contributed by atoms with Crippen LogP contribution in [0.15, 0.2) is 24.3 Å². The molecule has 0 saturated carbocycles. The summed E-state index contributed by atoms with van der Waals surface area (Å²) in [4.78, 5) is 27.0. The maximum absolute atomic E-state index is 12.9. The molecule has 1 unspecified atom stereocenters. The lowest BCUT2D eigenvalue weighted by atomic mass is 9.95. The summed E-state index contributed by atoms with van der Waals surface area (Å²) in [5, 5.41) is 6.14. The van der Waals surface area contributed by atoms with E-state index in [1.54, 1.807) is 12.1 Å². The largest absolute Gasteiger partial charge is 0.337 e. The first-order chi connectivity index (χ1) is 10.8. The molecule has 1 aliphatic rings. The van der Waals surface area contributed by atoms with Gasteiger partial charge in [0, 0.05) is 24.5 Å². The Kier molecular flexibility index (Phi) is 5.42. The summed E-state index contributed by atoms with van der Waals surface area (Å²) >= 11 is 0. The molecule has 5 nitrogen and oxygen atoms in total. The number of carbonyl (C=O) groups is 2. The van der Waals surface area contributed by atoms with Crippen LogP contribution in [0, 0.1) is 5.41 Å². The molecule has 126 valence electrons. The summed E-state index contributed by atoms with van der Waals surface area (Å²) in [5.41, 5.74) is 0.643. The highest BCUT2D eigenvalue weighted by Crippen LogP contribution is 2.23. The van der Waals surface area contributed by atoms with Crippen LogP contribution >= 0.6 is 0 Å². The van der Waals surface area contributed by atoms with Gasteiger partial charge < -0.3 is 15.5 Å². The molecule has 2 rings (SSSR count). The average Bonchev–Trinajstić information content (AvgIpc) is 2.54. The topological polar surface area (TPSA) is 61.4 Å². The number of piperidine rings is 1. The molecule has 2 N–H and O–H groups in total. The quantitative estimate of drug-likeness (QED) is 0.900. The van der Waals surface area contributed by atoms with Crippen molar-refractivity contribution in [2.45, 2.75) is 39.7 Å². The van der Waals surface area contributed by atoms with Gasteiger partial charge in [-0.2, -0.15) is 0 Å². The second-order valence-electron chi connectivity index (χ2n) is 7.13. The lowest BCUT2D eigenvalue weighted by Gasteiger charge is -2.33. The highest BCUT2D eigenvalue weighted by molar-refractivity contribution is 6.04. The number of carbonyl (C=O) groups excluding carboxylic acids is 2. The third-order valence-electron chi connectivity index (χ3n) is 4.20. The van der Waals surface area contributed by atoms with E-state index in [-0.39, 0.29) is 11.8 Å². The van der Waals surface area contributed by atoms with Crippen LogP contribution in [0.25, 0.3) is 0 Å². The average molecular weight is 317 g/mol. The Labute approximate surface area is 138 Å². The number of benzene rings is 1. The van der Waals surface area contributed by atoms with Gasteiger partial charge in [0.2, 0.25) is 5.91 Å². The van der Waals surface area contributed by atoms with E-state index >= 15 is 0 Å². The SMILES string of the molecule is CNC1CCCN(C(=O)c2ccccc2NC(=O)C(C)(C)C)C1. The summed E-state index contributed by atoms with van der Waals surface area (Å²) in [5.74, 6) is -0.112. The number of likely N-dealkylation sites (tertiary alicyclic amines) is 1. The van der Waals surface area contributed by atoms with Crippen LogP contribution in [-0.4, -0.2) is 42.9 Å². The minimum atomic E-state index is -0.501. The highest BCUT2D eigenvalue weighted by Gasteiger charge is 2.27. The van der Waals surface area contributed by atoms with Crippen LogP contribution in [0.3, 0.4) is 0 Å². The molecule has 1 aliphatic heterocycles. The van der Waals surface area contributed by atoms with E-state index in [0.717, 1.165) is 19.4 Å². The van der Waals surface area contributed by atoms with Crippen molar-refractivity contribution in [3.05, 3.63) is 29.8 Å². The van der Waals surface area contributed by atoms with Crippen LogP contribution in [0.4, 0.5) is 5.69 Å². The molecule has 1 fully saturated rings. The van der Waals surface area contributed by atoms with Crippen molar-refractivity contribution in [1.29, 1.82) is 0 Å². The maximum atomic E-state index is 12.9. The maximum Gasteiger partial charge on any atom is 0.256 e. The van der Waals surface area contributed by atoms with Gasteiger partial charge >= 0.3 is 0 Å². The van der Waals surface area contributed by atoms with E-state index in [1.807, 2.05) is 44.9 Å². The summed E-state index contributed by atoms with van der Waals surface area (Å²) in [6.45, 7) is 7.04. The first-order valence-corrected chi connectivity index (χ1v) is 8.20. The van der Waals surface area contributed by atoms with Gasteiger partial charge in [0.25, 0.3) is 5.91 Å². The minimum Gasteiger partial charge on any atom is -0.337 e. The van der Waals surface area contributed by atoms with Gasteiger partial charge in [0.15, 0.2) is 0 Å². The number of para-hydroxylation sites is 1. The fraction of sp³-hybridized carbons (Fsp3) is 0.556. The lowest BCUT2D eigenvalue weighted by Crippen LogP contribution is -2.47. The molecule has 0 radical (unpaired) electrons. The molecule has 1 aromatic rings. The van der Waals surface area contributed by atoms with Gasteiger partial charge in [-0.3, -0.25) is 9.59 Å². The number of hydrogen-bond acceptors (Lipinski definition) is 3. The van der Waals surface area contributed by atoms with Crippen LogP contribution in [0.2, 0.25) is 0 Å². The predicted octanol–water partition coefficient (Wildman–Crippen LogP) is 2.50. The van der Waals surface area contributed by atoms with Crippen molar-refractivity contribution < 1.29 is 9.59 Å². The zero-order valence-electron chi connectivity index (χ0n) is 14.5. The molecule has 1 aromatic carbocycles. The molecule has 0 aliphatic carbocycles. The van der Waals surface area contributed by atoms with Gasteiger partial charge in [-0.15, -0.1) is 0 Å². The molecule has 0 aromatic heterocycles. The summed E-state index contributed by atoms with van der Waals surface area (Å²) in [7, 11) is 1.93. The van der Waals surface area contributed by atoms with Gasteiger partial charge in [0.05, 0.1) is 11.3 Å². The molecule has 0 bridgehead atoms. The van der Waals surface area contributed by atoms with Crippen LogP contribution in [0.5, 0.6) is 0 Å². The number of nitrogens with one attached hydrogen (secondary N) is 2. The van der Waals surface area contributed by atoms with Gasteiger partial charge in [-0.05, 0) is 32.0 Å². The number of rotatable bonds is 3. The number of hydrogen-bond donors (Lipinski definition) is 2. The molecular formula is C18H27N3O2. The van der Waals surface area contributed by atoms with Crippen molar-refractivity contribution in [3.63, 3.8) is 0 Å². The standard InChI is InChI=1S/C18H27N3O2/c1-18(2,3)17(23)20-15-10-6-5-9-14(15)16(22)21-11-7-8-13(12-21)19-4/h5-6,9-10,13,19H,7-8,11-12H2,1-4H3,(H,20,23). The lowest BCUT2D eigenvalue weighted by molar-refractivity contribution is -0.123. The third kappa shape index (κ3) is 4.32. The summed E-state index contributed by atoms with van der Waals surface area (Å²) in [6, 6.07) is 7.57. The Hall–Kier alpha value is -1.88. The van der Waals surface area contributed by atoms with Crippen LogP contribution in [-0.2, 0) is 4.79 Å². The summed E-state index contributed by atoms with van der Waals surface area (Å²) < 4.78 is 0. The summed E-state index contributed by atoms with van der Waals surface area (Å²) in [6.07, 6.45) is 2.08. The molecule has 1 heterocycles. The van der Waals surface area contributed by atoms with E-state index < -0.39 is 5.41 Å². The van der Waals surface area contributed by atoms with Crippen molar-refractivity contribution in [1.82, 2.24) is 10.2 Å². The molecule has 1 atom stereocenters. The van der Waals surface area contributed by atoms with Gasteiger partial charge in [0.1, 0.15) is 0 Å². The van der Waals surface area contributed by atoms with Crippen LogP contribution in [0.1, 0.15) is 44.0 Å². The second kappa shape index (κ2) is 7.13. The Morgan fingerprint density at radius 1 is 1.22 bits per heavy atom. The first-order valence-electron chi connectivity index (χ1n) is 8.20. The first kappa shape index (κ1) is 17.5. The third-order valence-corrected chi connectivity index (χ3v) is 4.20. The number of amides is 2. The zero-order valence-corrected chi connectivity index (χ0v) is 14.5. The monoisotopic (exact) mass is 317 g/mol. The van der Waals surface area contributed by atoms with Crippen molar-refractivity contribution in [2.75, 3.05) is 25.5 Å². The van der Waals surface area contributed by atoms with Crippen molar-refractivity contribution in [3.8, 4) is 0 Å². The van der Waals surface area contributed by atoms with E-state index in [4.69, 9.17) is 0 Å². The Bertz CT molecular complexity index is 578.